The van der Waals surface area contributed by atoms with E-state index in [1.165, 1.54) is 6.92 Å². The van der Waals surface area contributed by atoms with E-state index in [4.69, 9.17) is 41.6 Å². The van der Waals surface area contributed by atoms with Gasteiger partial charge in [-0.15, -0.1) is 0 Å². The smallest absolute Gasteiger partial charge is 0.294 e. The summed E-state index contributed by atoms with van der Waals surface area (Å²) >= 11 is 0. The number of aliphatic hydroxyl groups excluding tert-OH is 4. The van der Waals surface area contributed by atoms with Gasteiger partial charge in [0.1, 0.15) is 42.0 Å². The molecular formula is C24H45F2N7O9. The summed E-state index contributed by atoms with van der Waals surface area (Å²) in [7, 11) is 1.54. The van der Waals surface area contributed by atoms with Crippen molar-refractivity contribution in [3.63, 3.8) is 0 Å². The van der Waals surface area contributed by atoms with Gasteiger partial charge in [0, 0.05) is 6.04 Å². The number of hydrogen-bond acceptors (Lipinski definition) is 14. The molecule has 42 heavy (non-hydrogen) atoms. The van der Waals surface area contributed by atoms with Gasteiger partial charge < -0.3 is 72.3 Å². The highest BCUT2D eigenvalue weighted by atomic mass is 19.3. The highest BCUT2D eigenvalue weighted by molar-refractivity contribution is 5.84. The summed E-state index contributed by atoms with van der Waals surface area (Å²) < 4.78 is 48.9. The Labute approximate surface area is 242 Å². The highest BCUT2D eigenvalue weighted by Crippen LogP contribution is 2.32. The number of likely N-dealkylation sites (N-methyl/N-ethyl adjacent to an activating group) is 1. The van der Waals surface area contributed by atoms with Crippen LogP contribution in [0.25, 0.3) is 0 Å². The van der Waals surface area contributed by atoms with Crippen molar-refractivity contribution in [2.24, 2.45) is 22.2 Å². The van der Waals surface area contributed by atoms with E-state index in [0.717, 1.165) is 0 Å². The standard InChI is InChI=1S/C24H45F2N7O9/c1-24(38)8-39-23(15(37)18(24)31-2)42-17-12(33-20(29)13(35)7-34)5-11(28)16(14(17)36)41-22-10(27)4-3-9(40-22)6-32-21(30)19(25)26/h9-19,22-23,31,34-38H,3-8,27-28H2,1-2H3,(H2,29,33)(H2,30,32)/t9-,10?,11-,12+,13?,14-,15?,16?,17?,18+,22+,23+,24?/m0/s1. The lowest BCUT2D eigenvalue weighted by molar-refractivity contribution is -0.307. The van der Waals surface area contributed by atoms with Gasteiger partial charge in [-0.25, -0.2) is 8.78 Å². The molecule has 0 amide bonds. The van der Waals surface area contributed by atoms with Gasteiger partial charge in [0.25, 0.3) is 6.43 Å². The molecule has 0 aromatic heterocycles. The maximum Gasteiger partial charge on any atom is 0.294 e. The molecule has 2 saturated heterocycles. The molecule has 0 aromatic rings. The zero-order valence-corrected chi connectivity index (χ0v) is 23.6. The highest BCUT2D eigenvalue weighted by Gasteiger charge is 2.51. The minimum Gasteiger partial charge on any atom is -0.393 e. The number of nitrogens with one attached hydrogen (secondary N) is 3. The fourth-order valence-electron chi connectivity index (χ4n) is 5.42. The normalized spacial score (nSPS) is 42.4. The Morgan fingerprint density at radius 2 is 1.81 bits per heavy atom. The van der Waals surface area contributed by atoms with Crippen molar-refractivity contribution in [3.05, 3.63) is 0 Å². The second kappa shape index (κ2) is 14.9. The lowest BCUT2D eigenvalue weighted by Gasteiger charge is -2.49. The van der Waals surface area contributed by atoms with Gasteiger partial charge in [-0.3, -0.25) is 10.4 Å². The van der Waals surface area contributed by atoms with Gasteiger partial charge in [0.15, 0.2) is 18.4 Å². The minimum atomic E-state index is -2.90. The maximum atomic E-state index is 12.7. The summed E-state index contributed by atoms with van der Waals surface area (Å²) in [6.45, 7) is 0.368. The van der Waals surface area contributed by atoms with Crippen LogP contribution in [0.3, 0.4) is 0 Å². The summed E-state index contributed by atoms with van der Waals surface area (Å²) in [5.41, 5.74) is 16.3. The maximum absolute atomic E-state index is 12.7. The first-order chi connectivity index (χ1) is 19.7. The van der Waals surface area contributed by atoms with Gasteiger partial charge in [-0.2, -0.15) is 0 Å². The molecule has 14 N–H and O–H groups in total. The molecule has 0 bridgehead atoms. The molecule has 18 heteroatoms. The summed E-state index contributed by atoms with van der Waals surface area (Å²) in [5, 5.41) is 65.7. The first kappa shape index (κ1) is 34.8. The molecule has 1 saturated carbocycles. The Kier molecular flexibility index (Phi) is 12.3. The number of rotatable bonds is 11. The summed E-state index contributed by atoms with van der Waals surface area (Å²) in [6.07, 6.45) is -12.0. The Morgan fingerprint density at radius 1 is 1.14 bits per heavy atom. The molecule has 13 atom stereocenters. The van der Waals surface area contributed by atoms with Crippen LogP contribution in [-0.2, 0) is 18.9 Å². The molecule has 3 aliphatic rings. The summed E-state index contributed by atoms with van der Waals surface area (Å²) in [6, 6.07) is -3.32. The first-order valence-electron chi connectivity index (χ1n) is 13.8. The number of aliphatic hydroxyl groups is 5. The molecule has 244 valence electrons. The van der Waals surface area contributed by atoms with Crippen LogP contribution in [-0.4, -0.2) is 149 Å². The molecule has 2 heterocycles. The van der Waals surface area contributed by atoms with E-state index < -0.39 is 104 Å². The Balaban J connectivity index is 1.79. The largest absolute Gasteiger partial charge is 0.393 e. The molecular weight excluding hydrogens is 568 g/mol. The molecule has 2 aliphatic heterocycles. The Morgan fingerprint density at radius 3 is 2.43 bits per heavy atom. The number of ether oxygens (including phenoxy) is 4. The predicted molar refractivity (Wildman–Crippen MR) is 144 cm³/mol. The number of nitrogens with two attached hydrogens (primary N) is 3. The van der Waals surface area contributed by atoms with Gasteiger partial charge in [0.05, 0.1) is 44.0 Å². The second-order valence-electron chi connectivity index (χ2n) is 11.2. The van der Waals surface area contributed by atoms with Crippen LogP contribution >= 0.6 is 0 Å². The number of amidine groups is 2. The van der Waals surface area contributed by atoms with Crippen molar-refractivity contribution in [1.29, 1.82) is 5.41 Å². The Hall–Kier alpha value is -1.68. The fraction of sp³-hybridized carbons (Fsp3) is 0.917. The van der Waals surface area contributed by atoms with Crippen molar-refractivity contribution in [2.75, 3.05) is 26.8 Å². The van der Waals surface area contributed by atoms with E-state index in [9.17, 15) is 34.3 Å². The molecule has 1 aliphatic carbocycles. The topological polar surface area (TPSA) is 276 Å². The van der Waals surface area contributed by atoms with Crippen molar-refractivity contribution in [1.82, 2.24) is 10.6 Å². The van der Waals surface area contributed by atoms with Gasteiger partial charge in [0.2, 0.25) is 0 Å². The zero-order chi connectivity index (χ0) is 31.4. The average molecular weight is 614 g/mol. The van der Waals surface area contributed by atoms with E-state index in [2.05, 4.69) is 15.6 Å². The number of alkyl halides is 2. The number of hydrogen-bond donors (Lipinski definition) is 11. The first-order valence-corrected chi connectivity index (χ1v) is 13.8. The van der Waals surface area contributed by atoms with Crippen LogP contribution < -0.4 is 27.8 Å². The van der Waals surface area contributed by atoms with E-state index in [1.807, 2.05) is 0 Å². The number of aliphatic imine (C=N–C) groups is 1. The number of nitrogens with zero attached hydrogens (tertiary/aromatic N) is 1. The number of halogens is 2. The fourth-order valence-corrected chi connectivity index (χ4v) is 5.42. The van der Waals surface area contributed by atoms with Crippen molar-refractivity contribution in [2.45, 2.75) is 112 Å². The molecule has 0 spiro atoms. The SMILES string of the molecule is CN[C@@H]1C(O)[C@@H](OC2[C@@H](O)C(O[C@H]3O[C@H](CN=C(N)C(F)F)CCC3N)[C@@H](N)C[C@H]2NC(=N)C(O)CO)OCC1(C)O. The molecule has 16 nitrogen and oxygen atoms in total. The van der Waals surface area contributed by atoms with Crippen molar-refractivity contribution < 1.29 is 53.3 Å². The third-order valence-electron chi connectivity index (χ3n) is 7.79. The third kappa shape index (κ3) is 8.27. The molecule has 3 fully saturated rings. The van der Waals surface area contributed by atoms with E-state index in [1.54, 1.807) is 7.05 Å². The van der Waals surface area contributed by atoms with Gasteiger partial charge >= 0.3 is 0 Å². The van der Waals surface area contributed by atoms with Crippen LogP contribution in [0.15, 0.2) is 4.99 Å². The van der Waals surface area contributed by atoms with Crippen molar-refractivity contribution in [3.8, 4) is 0 Å². The monoisotopic (exact) mass is 613 g/mol. The van der Waals surface area contributed by atoms with Crippen LogP contribution in [0.4, 0.5) is 8.78 Å². The lowest BCUT2D eigenvalue weighted by Crippen LogP contribution is -2.69. The third-order valence-corrected chi connectivity index (χ3v) is 7.79. The zero-order valence-electron chi connectivity index (χ0n) is 23.6. The van der Waals surface area contributed by atoms with Gasteiger partial charge in [-0.1, -0.05) is 0 Å². The van der Waals surface area contributed by atoms with E-state index in [-0.39, 0.29) is 19.6 Å². The Bertz CT molecular complexity index is 924. The molecule has 6 unspecified atom stereocenters. The predicted octanol–water partition coefficient (Wildman–Crippen LogP) is -4.35. The lowest BCUT2D eigenvalue weighted by atomic mass is 9.83. The van der Waals surface area contributed by atoms with Crippen LogP contribution in [0.2, 0.25) is 0 Å². The minimum absolute atomic E-state index is 0.0174. The second-order valence-corrected chi connectivity index (χ2v) is 11.2. The molecule has 3 rings (SSSR count). The van der Waals surface area contributed by atoms with E-state index in [0.29, 0.717) is 12.8 Å². The molecule has 0 aromatic carbocycles. The van der Waals surface area contributed by atoms with Crippen LogP contribution in [0.1, 0.15) is 26.2 Å². The summed E-state index contributed by atoms with van der Waals surface area (Å²) in [4.78, 5) is 3.65. The van der Waals surface area contributed by atoms with Crippen LogP contribution in [0.5, 0.6) is 0 Å². The summed E-state index contributed by atoms with van der Waals surface area (Å²) in [5.74, 6) is -1.28. The van der Waals surface area contributed by atoms with Crippen LogP contribution in [0, 0.1) is 5.41 Å². The van der Waals surface area contributed by atoms with E-state index >= 15 is 0 Å². The van der Waals surface area contributed by atoms with Gasteiger partial charge in [-0.05, 0) is 33.2 Å². The van der Waals surface area contributed by atoms with Crippen molar-refractivity contribution >= 4 is 11.7 Å². The molecule has 0 radical (unpaired) electrons. The average Bonchev–Trinajstić information content (AvgIpc) is 2.93. The quantitative estimate of drug-likeness (QED) is 0.0776.